The number of hydrogen-bond acceptors (Lipinski definition) is 5. The van der Waals surface area contributed by atoms with Crippen molar-refractivity contribution in [2.75, 3.05) is 13.2 Å². The first-order chi connectivity index (χ1) is 12.0. The molecule has 0 aliphatic carbocycles. The third-order valence-corrected chi connectivity index (χ3v) is 3.30. The van der Waals surface area contributed by atoms with Crippen LogP contribution < -0.4 is 10.1 Å². The van der Waals surface area contributed by atoms with Gasteiger partial charge in [-0.3, -0.25) is 4.79 Å². The maximum Gasteiger partial charge on any atom is 0.387 e. The second-order valence-corrected chi connectivity index (χ2v) is 5.09. The number of carbonyl (C=O) groups is 2. The van der Waals surface area contributed by atoms with Crippen molar-refractivity contribution in [2.24, 2.45) is 0 Å². The Morgan fingerprint density at radius 2 is 1.92 bits per heavy atom. The topological polar surface area (TPSA) is 77.8 Å². The number of carbonyl (C=O) groups excluding carboxylic acids is 2. The van der Waals surface area contributed by atoms with Gasteiger partial charge < -0.3 is 19.2 Å². The summed E-state index contributed by atoms with van der Waals surface area (Å²) in [6.07, 6.45) is 1.86. The van der Waals surface area contributed by atoms with Crippen molar-refractivity contribution >= 4 is 11.9 Å². The lowest BCUT2D eigenvalue weighted by molar-refractivity contribution is -0.124. The first-order valence-electron chi connectivity index (χ1n) is 7.47. The van der Waals surface area contributed by atoms with Crippen molar-refractivity contribution in [2.45, 2.75) is 20.0 Å². The number of esters is 1. The molecule has 2 rings (SSSR count). The van der Waals surface area contributed by atoms with Crippen molar-refractivity contribution < 1.29 is 32.3 Å². The molecule has 0 unspecified atom stereocenters. The average Bonchev–Trinajstić information content (AvgIpc) is 3.00. The first-order valence-corrected chi connectivity index (χ1v) is 7.47. The van der Waals surface area contributed by atoms with Crippen molar-refractivity contribution in [1.82, 2.24) is 5.32 Å². The lowest BCUT2D eigenvalue weighted by Crippen LogP contribution is -2.30. The maximum atomic E-state index is 12.0. The Bertz CT molecular complexity index is 712. The van der Waals surface area contributed by atoms with Crippen molar-refractivity contribution in [3.05, 3.63) is 53.5 Å². The lowest BCUT2D eigenvalue weighted by Gasteiger charge is -2.08. The number of alkyl halides is 2. The number of hydrogen-bond donors (Lipinski definition) is 1. The Kier molecular flexibility index (Phi) is 6.50. The molecule has 0 atom stereocenters. The van der Waals surface area contributed by atoms with Gasteiger partial charge in [-0.1, -0.05) is 12.1 Å². The van der Waals surface area contributed by atoms with Crippen LogP contribution in [0.2, 0.25) is 0 Å². The van der Waals surface area contributed by atoms with Crippen molar-refractivity contribution in [3.8, 4) is 5.75 Å². The fraction of sp³-hybridized carbons (Fsp3) is 0.294. The van der Waals surface area contributed by atoms with Gasteiger partial charge in [0.15, 0.2) is 6.61 Å². The minimum Gasteiger partial charge on any atom is -0.469 e. The summed E-state index contributed by atoms with van der Waals surface area (Å²) in [6, 6.07) is 7.59. The van der Waals surface area contributed by atoms with E-state index in [1.807, 2.05) is 0 Å². The molecule has 0 radical (unpaired) electrons. The monoisotopic (exact) mass is 353 g/mol. The summed E-state index contributed by atoms with van der Waals surface area (Å²) >= 11 is 0. The van der Waals surface area contributed by atoms with E-state index in [-0.39, 0.29) is 11.3 Å². The fourth-order valence-corrected chi connectivity index (χ4v) is 2.04. The molecule has 0 spiro atoms. The number of ether oxygens (including phenoxy) is 2. The van der Waals surface area contributed by atoms with Gasteiger partial charge in [-0.15, -0.1) is 0 Å². The Morgan fingerprint density at radius 3 is 2.52 bits per heavy atom. The van der Waals surface area contributed by atoms with Crippen LogP contribution in [0.5, 0.6) is 5.75 Å². The van der Waals surface area contributed by atoms with Gasteiger partial charge in [-0.05, 0) is 37.1 Å². The fourth-order valence-electron chi connectivity index (χ4n) is 2.04. The minimum atomic E-state index is -2.86. The molecule has 25 heavy (non-hydrogen) atoms. The highest BCUT2D eigenvalue weighted by molar-refractivity contribution is 5.92. The Labute approximate surface area is 142 Å². The van der Waals surface area contributed by atoms with Gasteiger partial charge in [0, 0.05) is 6.54 Å². The average molecular weight is 353 g/mol. The lowest BCUT2D eigenvalue weighted by atomic mass is 10.1. The second-order valence-electron chi connectivity index (χ2n) is 5.09. The third kappa shape index (κ3) is 5.91. The highest BCUT2D eigenvalue weighted by atomic mass is 19.3. The molecule has 0 fully saturated rings. The molecule has 134 valence electrons. The minimum absolute atomic E-state index is 0.0734. The van der Waals surface area contributed by atoms with Crippen LogP contribution in [0.1, 0.15) is 21.7 Å². The summed E-state index contributed by atoms with van der Waals surface area (Å²) in [5.74, 6) is -0.572. The molecule has 1 aromatic heterocycles. The van der Waals surface area contributed by atoms with Crippen LogP contribution in [-0.2, 0) is 16.0 Å². The standard InChI is InChI=1S/C17H17F2NO5/c1-11-14(7-9-23-11)16(22)24-10-15(21)20-8-6-12-2-4-13(5-3-12)25-17(18)19/h2-5,7,9,17H,6,8,10H2,1H3,(H,20,21). The van der Waals surface area contributed by atoms with Gasteiger partial charge in [0.25, 0.3) is 5.91 Å². The number of amides is 1. The van der Waals surface area contributed by atoms with Crippen LogP contribution in [0.4, 0.5) is 8.78 Å². The molecule has 0 aliphatic rings. The molecule has 8 heteroatoms. The van der Waals surface area contributed by atoms with Gasteiger partial charge in [0.05, 0.1) is 6.26 Å². The normalized spacial score (nSPS) is 10.6. The predicted molar refractivity (Wildman–Crippen MR) is 83.5 cm³/mol. The van der Waals surface area contributed by atoms with Gasteiger partial charge in [0.2, 0.25) is 0 Å². The number of rotatable bonds is 8. The van der Waals surface area contributed by atoms with Crippen LogP contribution in [0.15, 0.2) is 41.0 Å². The zero-order chi connectivity index (χ0) is 18.2. The Balaban J connectivity index is 1.68. The number of benzene rings is 1. The summed E-state index contributed by atoms with van der Waals surface area (Å²) in [5, 5.41) is 2.60. The number of nitrogens with one attached hydrogen (secondary N) is 1. The van der Waals surface area contributed by atoms with Crippen LogP contribution in [0.3, 0.4) is 0 Å². The SMILES string of the molecule is Cc1occc1C(=O)OCC(=O)NCCc1ccc(OC(F)F)cc1. The second kappa shape index (κ2) is 8.81. The summed E-state index contributed by atoms with van der Waals surface area (Å²) in [7, 11) is 0. The van der Waals surface area contributed by atoms with Gasteiger partial charge in [-0.2, -0.15) is 8.78 Å². The van der Waals surface area contributed by atoms with Crippen LogP contribution in [-0.4, -0.2) is 31.6 Å². The molecule has 1 aromatic carbocycles. The quantitative estimate of drug-likeness (QED) is 0.739. The van der Waals surface area contributed by atoms with E-state index in [1.54, 1.807) is 19.1 Å². The third-order valence-electron chi connectivity index (χ3n) is 3.30. The zero-order valence-corrected chi connectivity index (χ0v) is 13.5. The zero-order valence-electron chi connectivity index (χ0n) is 13.5. The van der Waals surface area contributed by atoms with E-state index in [1.165, 1.54) is 24.5 Å². The number of halogens is 2. The van der Waals surface area contributed by atoms with Crippen LogP contribution in [0, 0.1) is 6.92 Å². The highest BCUT2D eigenvalue weighted by Gasteiger charge is 2.14. The molecule has 1 amide bonds. The molecule has 1 N–H and O–H groups in total. The van der Waals surface area contributed by atoms with Crippen LogP contribution >= 0.6 is 0 Å². The molecular weight excluding hydrogens is 336 g/mol. The van der Waals surface area contributed by atoms with Crippen molar-refractivity contribution in [1.29, 1.82) is 0 Å². The van der Waals surface area contributed by atoms with E-state index in [4.69, 9.17) is 9.15 Å². The molecule has 1 heterocycles. The highest BCUT2D eigenvalue weighted by Crippen LogP contribution is 2.15. The Morgan fingerprint density at radius 1 is 1.20 bits per heavy atom. The first kappa shape index (κ1) is 18.4. The molecule has 0 saturated carbocycles. The van der Waals surface area contributed by atoms with E-state index < -0.39 is 25.1 Å². The summed E-state index contributed by atoms with van der Waals surface area (Å²) in [4.78, 5) is 23.4. The summed E-state index contributed by atoms with van der Waals surface area (Å²) < 4.78 is 38.2. The van der Waals surface area contributed by atoms with Crippen LogP contribution in [0.25, 0.3) is 0 Å². The Hall–Kier alpha value is -2.90. The molecule has 0 saturated heterocycles. The summed E-state index contributed by atoms with van der Waals surface area (Å²) in [5.41, 5.74) is 1.12. The van der Waals surface area contributed by atoms with E-state index >= 15 is 0 Å². The van der Waals surface area contributed by atoms with E-state index in [9.17, 15) is 18.4 Å². The maximum absolute atomic E-state index is 12.0. The summed E-state index contributed by atoms with van der Waals surface area (Å²) in [6.45, 7) is -1.33. The number of furan rings is 1. The smallest absolute Gasteiger partial charge is 0.387 e. The van der Waals surface area contributed by atoms with E-state index in [0.29, 0.717) is 18.7 Å². The molecule has 6 nitrogen and oxygen atoms in total. The van der Waals surface area contributed by atoms with Crippen molar-refractivity contribution in [3.63, 3.8) is 0 Å². The van der Waals surface area contributed by atoms with Gasteiger partial charge in [-0.25, -0.2) is 4.79 Å². The molecule has 0 aliphatic heterocycles. The predicted octanol–water partition coefficient (Wildman–Crippen LogP) is 2.71. The molecular formula is C17H17F2NO5. The van der Waals surface area contributed by atoms with E-state index in [2.05, 4.69) is 10.1 Å². The number of aryl methyl sites for hydroxylation is 1. The molecule has 2 aromatic rings. The molecule has 0 bridgehead atoms. The largest absolute Gasteiger partial charge is 0.469 e. The van der Waals surface area contributed by atoms with Gasteiger partial charge >= 0.3 is 12.6 Å². The van der Waals surface area contributed by atoms with E-state index in [0.717, 1.165) is 5.56 Å². The van der Waals surface area contributed by atoms with Gasteiger partial charge in [0.1, 0.15) is 17.1 Å².